The number of nitrogens with zero attached hydrogens (tertiary/aromatic N) is 2. The van der Waals surface area contributed by atoms with Crippen LogP contribution in [-0.4, -0.2) is 66.4 Å². The number of urea groups is 1. The molecule has 0 bridgehead atoms. The van der Waals surface area contributed by atoms with Crippen LogP contribution in [-0.2, 0) is 0 Å². The Morgan fingerprint density at radius 1 is 0.943 bits per heavy atom. The molecule has 0 aliphatic carbocycles. The molecule has 35 heavy (non-hydrogen) atoms. The second-order valence-corrected chi connectivity index (χ2v) is 9.35. The minimum Gasteiger partial charge on any atom is -0.495 e. The standard InChI is InChI=1S/C29H33N3O3/c1-35-27-12-6-5-11-24(27)30-29(34)31-17-7-8-18-32-25(19-31)28(26(32)20-33)23-15-13-22(14-16-23)21-9-3-2-4-10-21/h2-6,9-16,25-26,28,33H,7-8,17-20H2,1H3,(H,30,34)/t25-,26+,28+/m1/s1. The topological polar surface area (TPSA) is 65.0 Å². The Kier molecular flexibility index (Phi) is 7.02. The number of aliphatic hydroxyl groups excluding tert-OH is 1. The molecule has 0 saturated carbocycles. The highest BCUT2D eigenvalue weighted by molar-refractivity contribution is 5.91. The average molecular weight is 472 g/mol. The Hall–Kier alpha value is -3.35. The van der Waals surface area contributed by atoms with Crippen molar-refractivity contribution in [1.29, 1.82) is 0 Å². The first-order valence-corrected chi connectivity index (χ1v) is 12.4. The van der Waals surface area contributed by atoms with Gasteiger partial charge < -0.3 is 20.1 Å². The molecule has 2 aliphatic heterocycles. The van der Waals surface area contributed by atoms with Gasteiger partial charge in [0.05, 0.1) is 19.4 Å². The molecule has 0 radical (unpaired) electrons. The lowest BCUT2D eigenvalue weighted by Gasteiger charge is -2.57. The van der Waals surface area contributed by atoms with Crippen molar-refractivity contribution in [2.45, 2.75) is 30.8 Å². The molecule has 2 amide bonds. The van der Waals surface area contributed by atoms with Crippen LogP contribution in [0.25, 0.3) is 11.1 Å². The number of hydrogen-bond donors (Lipinski definition) is 2. The van der Waals surface area contributed by atoms with Gasteiger partial charge in [-0.25, -0.2) is 4.79 Å². The van der Waals surface area contributed by atoms with Gasteiger partial charge in [0.15, 0.2) is 0 Å². The quantitative estimate of drug-likeness (QED) is 0.560. The van der Waals surface area contributed by atoms with E-state index >= 15 is 0 Å². The van der Waals surface area contributed by atoms with E-state index in [0.29, 0.717) is 18.0 Å². The van der Waals surface area contributed by atoms with E-state index in [1.54, 1.807) is 7.11 Å². The molecular formula is C29H33N3O3. The lowest BCUT2D eigenvalue weighted by molar-refractivity contribution is -0.0585. The second-order valence-electron chi connectivity index (χ2n) is 9.35. The van der Waals surface area contributed by atoms with Gasteiger partial charge in [-0.1, -0.05) is 66.7 Å². The van der Waals surface area contributed by atoms with Gasteiger partial charge in [-0.3, -0.25) is 4.90 Å². The summed E-state index contributed by atoms with van der Waals surface area (Å²) < 4.78 is 5.40. The van der Waals surface area contributed by atoms with Crippen LogP contribution in [0.5, 0.6) is 5.75 Å². The van der Waals surface area contributed by atoms with Crippen molar-refractivity contribution in [3.63, 3.8) is 0 Å². The van der Waals surface area contributed by atoms with Crippen LogP contribution in [0.4, 0.5) is 10.5 Å². The number of amides is 2. The highest BCUT2D eigenvalue weighted by Crippen LogP contribution is 2.42. The molecule has 3 aromatic carbocycles. The first-order chi connectivity index (χ1) is 17.2. The third kappa shape index (κ3) is 4.77. The first kappa shape index (κ1) is 23.4. The maximum atomic E-state index is 13.3. The minimum atomic E-state index is -0.109. The SMILES string of the molecule is COc1ccccc1NC(=O)N1CCCCN2[C@H](C1)[C@H](c1ccc(-c3ccccc3)cc1)[C@@H]2CO. The normalized spacial score (nSPS) is 22.3. The zero-order valence-electron chi connectivity index (χ0n) is 20.1. The van der Waals surface area contributed by atoms with Gasteiger partial charge in [-0.05, 0) is 48.2 Å². The van der Waals surface area contributed by atoms with E-state index in [0.717, 1.165) is 25.9 Å². The van der Waals surface area contributed by atoms with Crippen molar-refractivity contribution in [2.24, 2.45) is 0 Å². The van der Waals surface area contributed by atoms with Gasteiger partial charge in [-0.2, -0.15) is 0 Å². The molecule has 2 N–H and O–H groups in total. The Balaban J connectivity index is 1.35. The maximum Gasteiger partial charge on any atom is 0.322 e. The van der Waals surface area contributed by atoms with Crippen LogP contribution in [0, 0.1) is 0 Å². The predicted molar refractivity (Wildman–Crippen MR) is 139 cm³/mol. The molecular weight excluding hydrogens is 438 g/mol. The highest BCUT2D eigenvalue weighted by Gasteiger charge is 2.49. The largest absolute Gasteiger partial charge is 0.495 e. The maximum absolute atomic E-state index is 13.3. The molecule has 3 atom stereocenters. The zero-order valence-corrected chi connectivity index (χ0v) is 20.1. The van der Waals surface area contributed by atoms with Crippen LogP contribution >= 0.6 is 0 Å². The first-order valence-electron chi connectivity index (χ1n) is 12.4. The summed E-state index contributed by atoms with van der Waals surface area (Å²) in [6.07, 6.45) is 1.95. The van der Waals surface area contributed by atoms with Crippen molar-refractivity contribution in [1.82, 2.24) is 9.80 Å². The highest BCUT2D eigenvalue weighted by atomic mass is 16.5. The number of rotatable bonds is 5. The van der Waals surface area contributed by atoms with Gasteiger partial charge in [0.2, 0.25) is 0 Å². The number of benzene rings is 3. The molecule has 6 nitrogen and oxygen atoms in total. The Morgan fingerprint density at radius 2 is 1.63 bits per heavy atom. The zero-order chi connectivity index (χ0) is 24.2. The number of anilines is 1. The van der Waals surface area contributed by atoms with E-state index in [9.17, 15) is 9.90 Å². The number of ether oxygens (including phenoxy) is 1. The lowest BCUT2D eigenvalue weighted by atomic mass is 9.74. The summed E-state index contributed by atoms with van der Waals surface area (Å²) in [7, 11) is 1.61. The number of hydrogen-bond acceptors (Lipinski definition) is 4. The Bertz CT molecular complexity index is 1140. The van der Waals surface area contributed by atoms with E-state index in [1.165, 1.54) is 16.7 Å². The van der Waals surface area contributed by atoms with E-state index in [2.05, 4.69) is 46.6 Å². The average Bonchev–Trinajstić information content (AvgIpc) is 2.89. The summed E-state index contributed by atoms with van der Waals surface area (Å²) in [5.41, 5.74) is 4.27. The van der Waals surface area contributed by atoms with Gasteiger partial charge in [0.1, 0.15) is 5.75 Å². The summed E-state index contributed by atoms with van der Waals surface area (Å²) in [5, 5.41) is 13.3. The number of carbonyl (C=O) groups is 1. The number of aliphatic hydroxyl groups is 1. The van der Waals surface area contributed by atoms with E-state index in [1.807, 2.05) is 47.4 Å². The van der Waals surface area contributed by atoms with Gasteiger partial charge in [0, 0.05) is 31.1 Å². The molecule has 0 aromatic heterocycles. The Labute approximate surface area is 207 Å². The molecule has 0 unspecified atom stereocenters. The molecule has 0 spiro atoms. The number of nitrogens with one attached hydrogen (secondary N) is 1. The monoisotopic (exact) mass is 471 g/mol. The van der Waals surface area contributed by atoms with Gasteiger partial charge in [-0.15, -0.1) is 0 Å². The van der Waals surface area contributed by atoms with Gasteiger partial charge >= 0.3 is 6.03 Å². The molecule has 3 aromatic rings. The third-order valence-corrected chi connectivity index (χ3v) is 7.41. The molecule has 2 fully saturated rings. The second kappa shape index (κ2) is 10.5. The van der Waals surface area contributed by atoms with Crippen molar-refractivity contribution < 1.29 is 14.6 Å². The third-order valence-electron chi connectivity index (χ3n) is 7.41. The predicted octanol–water partition coefficient (Wildman–Crippen LogP) is 4.82. The summed E-state index contributed by atoms with van der Waals surface area (Å²) in [6.45, 7) is 2.42. The van der Waals surface area contributed by atoms with E-state index in [-0.39, 0.29) is 30.6 Å². The number of carbonyl (C=O) groups excluding carboxylic acids is 1. The summed E-state index contributed by atoms with van der Waals surface area (Å²) >= 11 is 0. The molecule has 182 valence electrons. The van der Waals surface area contributed by atoms with Crippen molar-refractivity contribution in [3.05, 3.63) is 84.4 Å². The van der Waals surface area contributed by atoms with Crippen molar-refractivity contribution >= 4 is 11.7 Å². The fourth-order valence-electron chi connectivity index (χ4n) is 5.60. The fraction of sp³-hybridized carbons (Fsp3) is 0.345. The number of fused-ring (bicyclic) bond motifs is 1. The minimum absolute atomic E-state index is 0.0832. The summed E-state index contributed by atoms with van der Waals surface area (Å²) in [4.78, 5) is 17.6. The summed E-state index contributed by atoms with van der Waals surface area (Å²) in [5.74, 6) is 0.833. The van der Waals surface area contributed by atoms with Crippen LogP contribution in [0.15, 0.2) is 78.9 Å². The smallest absolute Gasteiger partial charge is 0.322 e. The van der Waals surface area contributed by atoms with Gasteiger partial charge in [0.25, 0.3) is 0 Å². The Morgan fingerprint density at radius 3 is 2.37 bits per heavy atom. The van der Waals surface area contributed by atoms with Crippen molar-refractivity contribution in [3.8, 4) is 16.9 Å². The van der Waals surface area contributed by atoms with E-state index < -0.39 is 0 Å². The van der Waals surface area contributed by atoms with Crippen molar-refractivity contribution in [2.75, 3.05) is 38.7 Å². The van der Waals surface area contributed by atoms with Crippen LogP contribution in [0.1, 0.15) is 24.3 Å². The molecule has 2 saturated heterocycles. The fourth-order valence-corrected chi connectivity index (χ4v) is 5.60. The molecule has 5 rings (SSSR count). The lowest BCUT2D eigenvalue weighted by Crippen LogP contribution is -2.68. The summed E-state index contributed by atoms with van der Waals surface area (Å²) in [6, 6.07) is 26.7. The molecule has 6 heteroatoms. The van der Waals surface area contributed by atoms with Crippen LogP contribution in [0.3, 0.4) is 0 Å². The van der Waals surface area contributed by atoms with Crippen LogP contribution in [0.2, 0.25) is 0 Å². The molecule has 2 aliphatic rings. The molecule has 2 heterocycles. The number of para-hydroxylation sites is 2. The number of methoxy groups -OCH3 is 1. The van der Waals surface area contributed by atoms with E-state index in [4.69, 9.17) is 4.74 Å². The van der Waals surface area contributed by atoms with Crippen LogP contribution < -0.4 is 10.1 Å².